The molecular formula is C59H38N4O2. The van der Waals surface area contributed by atoms with Crippen molar-refractivity contribution in [1.82, 2.24) is 19.9 Å². The number of hydrogen-bond donors (Lipinski definition) is 0. The van der Waals surface area contributed by atoms with Crippen molar-refractivity contribution in [2.45, 2.75) is 19.3 Å². The van der Waals surface area contributed by atoms with E-state index in [0.29, 0.717) is 17.5 Å². The highest BCUT2D eigenvalue weighted by Gasteiger charge is 2.35. The third-order valence-electron chi connectivity index (χ3n) is 13.2. The van der Waals surface area contributed by atoms with Gasteiger partial charge in [-0.3, -0.25) is 4.98 Å². The summed E-state index contributed by atoms with van der Waals surface area (Å²) in [5.74, 6) is 1.74. The summed E-state index contributed by atoms with van der Waals surface area (Å²) in [4.78, 5) is 20.3. The summed E-state index contributed by atoms with van der Waals surface area (Å²) in [6, 6.07) is 63.5. The Morgan fingerprint density at radius 1 is 0.354 bits per heavy atom. The highest BCUT2D eigenvalue weighted by atomic mass is 16.3. The summed E-state index contributed by atoms with van der Waals surface area (Å²) < 4.78 is 13.3. The predicted molar refractivity (Wildman–Crippen MR) is 262 cm³/mol. The van der Waals surface area contributed by atoms with Crippen LogP contribution in [0.2, 0.25) is 0 Å². The maximum Gasteiger partial charge on any atom is 0.164 e. The average Bonchev–Trinajstić information content (AvgIpc) is 4.01. The molecule has 8 aromatic carbocycles. The minimum absolute atomic E-state index is 0.193. The Kier molecular flexibility index (Phi) is 8.15. The molecule has 306 valence electrons. The molecule has 0 unspecified atom stereocenters. The van der Waals surface area contributed by atoms with Crippen molar-refractivity contribution in [3.05, 3.63) is 206 Å². The standard InChI is InChI=1S/C59H38N4O2/c1-59(2)50-20-6-3-13-44(50)45-28-27-37(33-51(45)59)57-61-56(36-25-23-35(24-26-36)38-12-11-29-60-34-38)62-58(63-57)41-31-39(42-16-9-18-48-46-14-4-7-21-52(46)64-54(42)48)30-40(32-41)43-17-10-19-49-47-15-5-8-22-53(47)65-55(43)49/h3-34H,1-2H3. The number of nitrogens with zero attached hydrogens (tertiary/aromatic N) is 4. The first-order valence-corrected chi connectivity index (χ1v) is 21.9. The Morgan fingerprint density at radius 2 is 0.862 bits per heavy atom. The lowest BCUT2D eigenvalue weighted by Gasteiger charge is -2.21. The van der Waals surface area contributed by atoms with Gasteiger partial charge in [0, 0.05) is 67.2 Å². The number of aromatic nitrogens is 4. The lowest BCUT2D eigenvalue weighted by atomic mass is 9.82. The molecule has 4 heterocycles. The maximum absolute atomic E-state index is 6.65. The number of rotatable bonds is 6. The third-order valence-corrected chi connectivity index (χ3v) is 13.2. The van der Waals surface area contributed by atoms with Gasteiger partial charge in [0.2, 0.25) is 0 Å². The number of hydrogen-bond acceptors (Lipinski definition) is 6. The van der Waals surface area contributed by atoms with E-state index in [-0.39, 0.29) is 5.41 Å². The van der Waals surface area contributed by atoms with E-state index in [0.717, 1.165) is 93.9 Å². The van der Waals surface area contributed by atoms with Crippen LogP contribution in [0.4, 0.5) is 0 Å². The van der Waals surface area contributed by atoms with E-state index in [1.165, 1.54) is 22.3 Å². The smallest absolute Gasteiger partial charge is 0.164 e. The molecule has 0 saturated heterocycles. The van der Waals surface area contributed by atoms with Crippen LogP contribution in [0, 0.1) is 0 Å². The summed E-state index contributed by atoms with van der Waals surface area (Å²) >= 11 is 0. The van der Waals surface area contributed by atoms with Crippen LogP contribution in [0.1, 0.15) is 25.0 Å². The zero-order valence-corrected chi connectivity index (χ0v) is 35.6. The molecule has 13 rings (SSSR count). The van der Waals surface area contributed by atoms with Crippen LogP contribution in [0.5, 0.6) is 0 Å². The van der Waals surface area contributed by atoms with Gasteiger partial charge in [-0.15, -0.1) is 0 Å². The Bertz CT molecular complexity index is 3730. The van der Waals surface area contributed by atoms with Gasteiger partial charge < -0.3 is 8.83 Å². The Labute approximate surface area is 374 Å². The zero-order chi connectivity index (χ0) is 43.2. The van der Waals surface area contributed by atoms with Crippen LogP contribution in [-0.2, 0) is 5.41 Å². The van der Waals surface area contributed by atoms with Crippen molar-refractivity contribution in [3.63, 3.8) is 0 Å². The topological polar surface area (TPSA) is 77.8 Å². The van der Waals surface area contributed by atoms with Crippen molar-refractivity contribution < 1.29 is 8.83 Å². The molecule has 0 aliphatic heterocycles. The Balaban J connectivity index is 1.05. The van der Waals surface area contributed by atoms with Gasteiger partial charge in [-0.2, -0.15) is 0 Å². The fraction of sp³-hybridized carbons (Fsp3) is 0.0508. The number of para-hydroxylation sites is 4. The molecule has 12 aromatic rings. The minimum Gasteiger partial charge on any atom is -0.455 e. The predicted octanol–water partition coefficient (Wildman–Crippen LogP) is 15.4. The molecular weight excluding hydrogens is 797 g/mol. The summed E-state index contributed by atoms with van der Waals surface area (Å²) in [5, 5.41) is 4.28. The van der Waals surface area contributed by atoms with Crippen LogP contribution < -0.4 is 0 Å². The quantitative estimate of drug-likeness (QED) is 0.166. The van der Waals surface area contributed by atoms with Gasteiger partial charge in [0.15, 0.2) is 17.5 Å². The summed E-state index contributed by atoms with van der Waals surface area (Å²) in [6.45, 7) is 4.60. The van der Waals surface area contributed by atoms with Crippen LogP contribution in [-0.4, -0.2) is 19.9 Å². The van der Waals surface area contributed by atoms with Gasteiger partial charge >= 0.3 is 0 Å². The van der Waals surface area contributed by atoms with Gasteiger partial charge in [-0.25, -0.2) is 15.0 Å². The van der Waals surface area contributed by atoms with E-state index in [9.17, 15) is 0 Å². The Morgan fingerprint density at radius 3 is 1.51 bits per heavy atom. The van der Waals surface area contributed by atoms with E-state index in [1.54, 1.807) is 6.20 Å². The molecule has 0 N–H and O–H groups in total. The summed E-state index contributed by atoms with van der Waals surface area (Å²) in [7, 11) is 0. The first kappa shape index (κ1) is 37.1. The number of pyridine rings is 1. The molecule has 0 bridgehead atoms. The normalized spacial score (nSPS) is 12.9. The van der Waals surface area contributed by atoms with E-state index < -0.39 is 0 Å². The minimum atomic E-state index is -0.193. The van der Waals surface area contributed by atoms with E-state index in [2.05, 4.69) is 170 Å². The van der Waals surface area contributed by atoms with Crippen molar-refractivity contribution in [2.24, 2.45) is 0 Å². The van der Waals surface area contributed by atoms with E-state index in [4.69, 9.17) is 23.8 Å². The molecule has 6 nitrogen and oxygen atoms in total. The highest BCUT2D eigenvalue weighted by molar-refractivity contribution is 6.11. The van der Waals surface area contributed by atoms with E-state index in [1.807, 2.05) is 36.5 Å². The number of fused-ring (bicyclic) bond motifs is 9. The third kappa shape index (κ3) is 5.95. The fourth-order valence-corrected chi connectivity index (χ4v) is 9.97. The summed E-state index contributed by atoms with van der Waals surface area (Å²) in [5.41, 5.74) is 16.9. The second-order valence-electron chi connectivity index (χ2n) is 17.4. The zero-order valence-electron chi connectivity index (χ0n) is 35.6. The average molecular weight is 835 g/mol. The van der Waals surface area contributed by atoms with Crippen molar-refractivity contribution in [1.29, 1.82) is 0 Å². The lowest BCUT2D eigenvalue weighted by molar-refractivity contribution is 0.660. The molecule has 0 spiro atoms. The monoisotopic (exact) mass is 834 g/mol. The van der Waals surface area contributed by atoms with Crippen LogP contribution in [0.3, 0.4) is 0 Å². The molecule has 6 heteroatoms. The maximum atomic E-state index is 6.65. The molecule has 0 atom stereocenters. The van der Waals surface area contributed by atoms with Crippen molar-refractivity contribution in [2.75, 3.05) is 0 Å². The molecule has 65 heavy (non-hydrogen) atoms. The van der Waals surface area contributed by atoms with Crippen molar-refractivity contribution >= 4 is 43.9 Å². The fourth-order valence-electron chi connectivity index (χ4n) is 9.97. The molecule has 1 aliphatic carbocycles. The first-order valence-electron chi connectivity index (χ1n) is 21.9. The van der Waals surface area contributed by atoms with Gasteiger partial charge in [0.05, 0.1) is 0 Å². The van der Waals surface area contributed by atoms with Gasteiger partial charge in [0.1, 0.15) is 22.3 Å². The molecule has 4 aromatic heterocycles. The van der Waals surface area contributed by atoms with Gasteiger partial charge in [0.25, 0.3) is 0 Å². The Hall–Kier alpha value is -8.48. The summed E-state index contributed by atoms with van der Waals surface area (Å²) in [6.07, 6.45) is 3.67. The number of benzene rings is 8. The first-order chi connectivity index (χ1) is 31.9. The largest absolute Gasteiger partial charge is 0.455 e. The molecule has 1 aliphatic rings. The van der Waals surface area contributed by atoms with Crippen LogP contribution >= 0.6 is 0 Å². The second-order valence-corrected chi connectivity index (χ2v) is 17.4. The SMILES string of the molecule is CC1(C)c2ccccc2-c2ccc(-c3nc(-c4ccc(-c5cccnc5)cc4)nc(-c4cc(-c5cccc6c5oc5ccccc56)cc(-c5cccc6c5oc5ccccc56)c4)n3)cc21. The molecule has 0 saturated carbocycles. The molecule has 0 amide bonds. The van der Waals surface area contributed by atoms with E-state index >= 15 is 0 Å². The van der Waals surface area contributed by atoms with Gasteiger partial charge in [-0.05, 0) is 87.0 Å². The highest BCUT2D eigenvalue weighted by Crippen LogP contribution is 2.50. The second kappa shape index (κ2) is 14.3. The lowest BCUT2D eigenvalue weighted by Crippen LogP contribution is -2.15. The molecule has 0 fully saturated rings. The molecule has 0 radical (unpaired) electrons. The van der Waals surface area contributed by atoms with Gasteiger partial charge in [-0.1, -0.05) is 153 Å². The van der Waals surface area contributed by atoms with Crippen LogP contribution in [0.15, 0.2) is 203 Å². The van der Waals surface area contributed by atoms with Crippen molar-refractivity contribution in [3.8, 4) is 78.7 Å². The number of furan rings is 2. The van der Waals surface area contributed by atoms with Crippen LogP contribution in [0.25, 0.3) is 123 Å².